The second kappa shape index (κ2) is 5.86. The van der Waals surface area contributed by atoms with Crippen molar-refractivity contribution >= 4 is 46.5 Å². The number of thiophene rings is 1. The summed E-state index contributed by atoms with van der Waals surface area (Å²) in [6, 6.07) is 5.65. The molecule has 0 aliphatic carbocycles. The van der Waals surface area contributed by atoms with Gasteiger partial charge in [0.25, 0.3) is 0 Å². The molecule has 0 aliphatic rings. The Labute approximate surface area is 125 Å². The van der Waals surface area contributed by atoms with Gasteiger partial charge in [0.1, 0.15) is 6.07 Å². The van der Waals surface area contributed by atoms with E-state index in [2.05, 4.69) is 21.0 Å². The van der Waals surface area contributed by atoms with Crippen LogP contribution in [0.4, 0.5) is 11.9 Å². The summed E-state index contributed by atoms with van der Waals surface area (Å²) in [5.74, 6) is 0.718. The number of aromatic nitrogens is 3. The molecule has 8 heteroatoms. The predicted octanol–water partition coefficient (Wildman–Crippen LogP) is 2.30. The van der Waals surface area contributed by atoms with E-state index in [9.17, 15) is 5.26 Å². The third-order valence-corrected chi connectivity index (χ3v) is 3.46. The molecule has 2 heterocycles. The number of hydrogen-bond acceptors (Lipinski definition) is 7. The molecule has 20 heavy (non-hydrogen) atoms. The van der Waals surface area contributed by atoms with Crippen LogP contribution in [0.1, 0.15) is 10.7 Å². The van der Waals surface area contributed by atoms with E-state index in [1.165, 1.54) is 11.3 Å². The van der Waals surface area contributed by atoms with Crippen LogP contribution >= 0.6 is 22.9 Å². The van der Waals surface area contributed by atoms with Gasteiger partial charge in [0, 0.05) is 19.0 Å². The third-order valence-electron chi connectivity index (χ3n) is 2.28. The largest absolute Gasteiger partial charge is 0.368 e. The van der Waals surface area contributed by atoms with Crippen molar-refractivity contribution in [1.29, 1.82) is 5.26 Å². The molecule has 0 bridgehead atoms. The summed E-state index contributed by atoms with van der Waals surface area (Å²) in [7, 11) is 3.57. The van der Waals surface area contributed by atoms with Gasteiger partial charge in [-0.1, -0.05) is 11.6 Å². The summed E-state index contributed by atoms with van der Waals surface area (Å²) in [5, 5.41) is 9.27. The van der Waals surface area contributed by atoms with Crippen LogP contribution in [0.3, 0.4) is 0 Å². The smallest absolute Gasteiger partial charge is 0.230 e. The number of rotatable bonds is 3. The highest BCUT2D eigenvalue weighted by Crippen LogP contribution is 2.25. The van der Waals surface area contributed by atoms with Gasteiger partial charge in [-0.25, -0.2) is 0 Å². The zero-order chi connectivity index (χ0) is 14.7. The summed E-state index contributed by atoms with van der Waals surface area (Å²) in [6.45, 7) is 0. The van der Waals surface area contributed by atoms with E-state index in [4.69, 9.17) is 17.3 Å². The van der Waals surface area contributed by atoms with Gasteiger partial charge in [0.15, 0.2) is 5.82 Å². The Balaban J connectivity index is 2.47. The van der Waals surface area contributed by atoms with Gasteiger partial charge in [-0.05, 0) is 18.2 Å². The standard InChI is InChI=1S/C12H11ClN6S/c1-19(2)12-17-10(16-11(15)18-12)7(6-14)5-8-3-4-9(13)20-8/h3-5H,1-2H3,(H2,15,16,17,18). The maximum Gasteiger partial charge on any atom is 0.230 e. The van der Waals surface area contributed by atoms with Gasteiger partial charge in [-0.2, -0.15) is 20.2 Å². The van der Waals surface area contributed by atoms with Gasteiger partial charge in [-0.3, -0.25) is 0 Å². The first-order valence-electron chi connectivity index (χ1n) is 5.56. The van der Waals surface area contributed by atoms with Crippen molar-refractivity contribution in [3.05, 3.63) is 27.2 Å². The van der Waals surface area contributed by atoms with Crippen LogP contribution in [0.15, 0.2) is 12.1 Å². The number of halogens is 1. The topological polar surface area (TPSA) is 91.7 Å². The number of hydrogen-bond donors (Lipinski definition) is 1. The minimum atomic E-state index is 0.0732. The highest BCUT2D eigenvalue weighted by Gasteiger charge is 2.11. The van der Waals surface area contributed by atoms with Crippen molar-refractivity contribution in [2.24, 2.45) is 0 Å². The number of nitrogens with two attached hydrogens (primary N) is 1. The van der Waals surface area contributed by atoms with Crippen LogP contribution in [0, 0.1) is 11.3 Å². The van der Waals surface area contributed by atoms with Crippen molar-refractivity contribution < 1.29 is 0 Å². The van der Waals surface area contributed by atoms with Gasteiger partial charge in [0.2, 0.25) is 11.9 Å². The van der Waals surface area contributed by atoms with Crippen molar-refractivity contribution in [1.82, 2.24) is 15.0 Å². The Morgan fingerprint density at radius 3 is 2.70 bits per heavy atom. The molecule has 2 N–H and O–H groups in total. The van der Waals surface area contributed by atoms with E-state index >= 15 is 0 Å². The monoisotopic (exact) mass is 306 g/mol. The first-order chi connectivity index (χ1) is 9.49. The molecule has 0 amide bonds. The van der Waals surface area contributed by atoms with Crippen LogP contribution in [0.25, 0.3) is 11.6 Å². The van der Waals surface area contributed by atoms with E-state index in [-0.39, 0.29) is 11.8 Å². The van der Waals surface area contributed by atoms with Crippen LogP contribution in [0.5, 0.6) is 0 Å². The summed E-state index contributed by atoms with van der Waals surface area (Å²) in [6.07, 6.45) is 1.67. The Kier molecular flexibility index (Phi) is 4.17. The van der Waals surface area contributed by atoms with E-state index in [1.54, 1.807) is 31.1 Å². The zero-order valence-corrected chi connectivity index (χ0v) is 12.4. The molecule has 102 valence electrons. The first-order valence-corrected chi connectivity index (χ1v) is 6.75. The molecular formula is C12H11ClN6S. The molecule has 0 spiro atoms. The lowest BCUT2D eigenvalue weighted by Crippen LogP contribution is -2.15. The molecule has 0 atom stereocenters. The van der Waals surface area contributed by atoms with Gasteiger partial charge in [-0.15, -0.1) is 11.3 Å². The van der Waals surface area contributed by atoms with Gasteiger partial charge >= 0.3 is 0 Å². The summed E-state index contributed by atoms with van der Waals surface area (Å²) >= 11 is 7.23. The van der Waals surface area contributed by atoms with Crippen molar-refractivity contribution in [3.63, 3.8) is 0 Å². The number of nitriles is 1. The average molecular weight is 307 g/mol. The molecular weight excluding hydrogens is 296 g/mol. The normalized spacial score (nSPS) is 11.2. The molecule has 0 aromatic carbocycles. The molecule has 0 unspecified atom stereocenters. The lowest BCUT2D eigenvalue weighted by atomic mass is 10.2. The Bertz CT molecular complexity index is 700. The Morgan fingerprint density at radius 2 is 2.15 bits per heavy atom. The molecule has 0 saturated carbocycles. The SMILES string of the molecule is CN(C)c1nc(N)nc(C(C#N)=Cc2ccc(Cl)s2)n1. The molecule has 0 aliphatic heterocycles. The lowest BCUT2D eigenvalue weighted by Gasteiger charge is -2.10. The molecule has 0 radical (unpaired) electrons. The van der Waals surface area contributed by atoms with Crippen LogP contribution in [0.2, 0.25) is 4.34 Å². The first kappa shape index (κ1) is 14.2. The zero-order valence-electron chi connectivity index (χ0n) is 10.8. The second-order valence-electron chi connectivity index (χ2n) is 4.02. The third kappa shape index (κ3) is 3.23. The fourth-order valence-corrected chi connectivity index (χ4v) is 2.40. The van der Waals surface area contributed by atoms with Crippen LogP contribution < -0.4 is 10.6 Å². The van der Waals surface area contributed by atoms with Crippen molar-refractivity contribution in [2.45, 2.75) is 0 Å². The van der Waals surface area contributed by atoms with Crippen LogP contribution in [-0.2, 0) is 0 Å². The molecule has 0 fully saturated rings. The summed E-state index contributed by atoms with van der Waals surface area (Å²) in [4.78, 5) is 14.7. The quantitative estimate of drug-likeness (QED) is 0.875. The highest BCUT2D eigenvalue weighted by molar-refractivity contribution is 7.17. The van der Waals surface area contributed by atoms with E-state index in [0.29, 0.717) is 15.9 Å². The summed E-state index contributed by atoms with van der Waals surface area (Å²) in [5.41, 5.74) is 5.95. The van der Waals surface area contributed by atoms with Crippen molar-refractivity contribution in [2.75, 3.05) is 24.7 Å². The highest BCUT2D eigenvalue weighted by atomic mass is 35.5. The molecule has 2 rings (SSSR count). The maximum atomic E-state index is 9.27. The molecule has 2 aromatic rings. The van der Waals surface area contributed by atoms with E-state index in [0.717, 1.165) is 4.88 Å². The lowest BCUT2D eigenvalue weighted by molar-refractivity contribution is 0.952. The fraction of sp³-hybridized carbons (Fsp3) is 0.167. The van der Waals surface area contributed by atoms with Crippen LogP contribution in [-0.4, -0.2) is 29.0 Å². The van der Waals surface area contributed by atoms with Gasteiger partial charge < -0.3 is 10.6 Å². The van der Waals surface area contributed by atoms with Gasteiger partial charge in [0.05, 0.1) is 9.91 Å². The minimum Gasteiger partial charge on any atom is -0.368 e. The minimum absolute atomic E-state index is 0.0732. The van der Waals surface area contributed by atoms with Crippen molar-refractivity contribution in [3.8, 4) is 6.07 Å². The molecule has 0 saturated heterocycles. The number of nitrogen functional groups attached to an aromatic ring is 1. The Morgan fingerprint density at radius 1 is 1.40 bits per heavy atom. The maximum absolute atomic E-state index is 9.27. The average Bonchev–Trinajstić information content (AvgIpc) is 2.80. The van der Waals surface area contributed by atoms with E-state index in [1.807, 2.05) is 6.07 Å². The fourth-order valence-electron chi connectivity index (χ4n) is 1.40. The predicted molar refractivity (Wildman–Crippen MR) is 81.4 cm³/mol. The molecule has 6 nitrogen and oxygen atoms in total. The number of allylic oxidation sites excluding steroid dienone is 1. The molecule has 2 aromatic heterocycles. The Hall–Kier alpha value is -2.17. The number of anilines is 2. The van der Waals surface area contributed by atoms with E-state index < -0.39 is 0 Å². The summed E-state index contributed by atoms with van der Waals surface area (Å²) < 4.78 is 0.651. The number of nitrogens with zero attached hydrogens (tertiary/aromatic N) is 5. The second-order valence-corrected chi connectivity index (χ2v) is 5.77.